The highest BCUT2D eigenvalue weighted by molar-refractivity contribution is 7.18. The lowest BCUT2D eigenvalue weighted by Crippen LogP contribution is -2.50. The van der Waals surface area contributed by atoms with Crippen LogP contribution in [0.15, 0.2) is 30.3 Å². The molecule has 0 radical (unpaired) electrons. The molecule has 1 aromatic carbocycles. The Kier molecular flexibility index (Phi) is 10.6. The number of carbonyl (C=O) groups excluding carboxylic acids is 4. The Bertz CT molecular complexity index is 1170. The average molecular weight is 577 g/mol. The first-order valence-electron chi connectivity index (χ1n) is 11.0. The molecule has 1 aromatic heterocycles. The Hall–Kier alpha value is -3.53. The van der Waals surface area contributed by atoms with Crippen LogP contribution in [0, 0.1) is 0 Å². The lowest BCUT2D eigenvalue weighted by Gasteiger charge is -2.28. The average Bonchev–Trinajstić information content (AvgIpc) is 3.31. The number of ether oxygens (including phenoxy) is 3. The first-order chi connectivity index (χ1) is 18.2. The van der Waals surface area contributed by atoms with Crippen molar-refractivity contribution in [3.05, 3.63) is 39.5 Å². The minimum atomic E-state index is -3.22. The number of halogens is 3. The number of nitrogens with one attached hydrogen (secondary N) is 3. The molecule has 1 fully saturated rings. The highest BCUT2D eigenvalue weighted by Crippen LogP contribution is 2.33. The SMILES string of the molecule is O=C(N[C@H](CNC(=O)c1ccc(Cl)s1)C(=O)Nc1ccc(N2CCOCC2=O)c(OC(F)F)c1)OCCO. The lowest BCUT2D eigenvalue weighted by atomic mass is 10.2. The number of alkyl halides is 2. The van der Waals surface area contributed by atoms with Crippen LogP contribution in [0.1, 0.15) is 9.67 Å². The van der Waals surface area contributed by atoms with Crippen molar-refractivity contribution in [3.8, 4) is 5.75 Å². The molecule has 4 amide bonds. The van der Waals surface area contributed by atoms with Gasteiger partial charge in [-0.1, -0.05) is 11.6 Å². The molecular weight excluding hydrogens is 554 g/mol. The zero-order chi connectivity index (χ0) is 27.7. The maximum atomic E-state index is 13.1. The Morgan fingerprint density at radius 2 is 2.03 bits per heavy atom. The summed E-state index contributed by atoms with van der Waals surface area (Å²) in [6.07, 6.45) is -1.05. The van der Waals surface area contributed by atoms with E-state index < -0.39 is 43.1 Å². The molecule has 1 aliphatic heterocycles. The molecule has 16 heteroatoms. The summed E-state index contributed by atoms with van der Waals surface area (Å²) in [6.45, 7) is -4.30. The van der Waals surface area contributed by atoms with Gasteiger partial charge in [-0.2, -0.15) is 8.78 Å². The summed E-state index contributed by atoms with van der Waals surface area (Å²) in [4.78, 5) is 51.0. The standard InChI is InChI=1S/C22H23ClF2N4O8S/c23-17-4-3-16(38-17)20(33)26-10-13(28-22(34)36-8-6-30)19(32)27-12-1-2-14(15(9-12)37-21(24)25)29-5-7-35-11-18(29)31/h1-4,9,13,21,30H,5-8,10-11H2,(H,26,33)(H,27,32)(H,28,34)/t13-/m1/s1. The van der Waals surface area contributed by atoms with Gasteiger partial charge in [-0.3, -0.25) is 14.4 Å². The molecule has 206 valence electrons. The molecule has 0 unspecified atom stereocenters. The van der Waals surface area contributed by atoms with Gasteiger partial charge in [-0.25, -0.2) is 4.79 Å². The number of aliphatic hydroxyl groups is 1. The number of carbonyl (C=O) groups is 4. The van der Waals surface area contributed by atoms with Crippen LogP contribution in [-0.2, 0) is 19.1 Å². The second-order valence-corrected chi connectivity index (χ2v) is 9.23. The molecule has 2 heterocycles. The first-order valence-corrected chi connectivity index (χ1v) is 12.2. The van der Waals surface area contributed by atoms with Crippen LogP contribution in [0.5, 0.6) is 5.75 Å². The lowest BCUT2D eigenvalue weighted by molar-refractivity contribution is -0.125. The molecular formula is C22H23ClF2N4O8S. The molecule has 3 rings (SSSR count). The maximum Gasteiger partial charge on any atom is 0.407 e. The van der Waals surface area contributed by atoms with Crippen molar-refractivity contribution in [1.29, 1.82) is 0 Å². The van der Waals surface area contributed by atoms with E-state index in [9.17, 15) is 28.0 Å². The van der Waals surface area contributed by atoms with Crippen LogP contribution in [0.4, 0.5) is 25.0 Å². The monoisotopic (exact) mass is 576 g/mol. The van der Waals surface area contributed by atoms with Crippen LogP contribution >= 0.6 is 22.9 Å². The van der Waals surface area contributed by atoms with Gasteiger partial charge in [0.05, 0.1) is 28.1 Å². The minimum absolute atomic E-state index is 0.00185. The van der Waals surface area contributed by atoms with E-state index in [2.05, 4.69) is 20.7 Å². The number of alkyl carbamates (subject to hydrolysis) is 1. The Morgan fingerprint density at radius 1 is 1.24 bits per heavy atom. The molecule has 0 aliphatic carbocycles. The molecule has 0 spiro atoms. The van der Waals surface area contributed by atoms with Crippen LogP contribution in [0.2, 0.25) is 4.34 Å². The van der Waals surface area contributed by atoms with Crippen molar-refractivity contribution in [1.82, 2.24) is 10.6 Å². The third-order valence-corrected chi connectivity index (χ3v) is 6.15. The summed E-state index contributed by atoms with van der Waals surface area (Å²) in [5.41, 5.74) is 0.0581. The van der Waals surface area contributed by atoms with Crippen molar-refractivity contribution in [2.45, 2.75) is 12.7 Å². The topological polar surface area (TPSA) is 156 Å². The van der Waals surface area contributed by atoms with E-state index in [1.165, 1.54) is 29.2 Å². The number of hydrogen-bond acceptors (Lipinski definition) is 9. The minimum Gasteiger partial charge on any atom is -0.447 e. The van der Waals surface area contributed by atoms with E-state index in [0.717, 1.165) is 17.4 Å². The third kappa shape index (κ3) is 8.24. The van der Waals surface area contributed by atoms with E-state index in [1.807, 2.05) is 0 Å². The molecule has 1 atom stereocenters. The van der Waals surface area contributed by atoms with Crippen molar-refractivity contribution >= 4 is 58.1 Å². The van der Waals surface area contributed by atoms with Crippen LogP contribution in [0.25, 0.3) is 0 Å². The van der Waals surface area contributed by atoms with Gasteiger partial charge in [0.2, 0.25) is 5.91 Å². The van der Waals surface area contributed by atoms with Crippen molar-refractivity contribution in [2.75, 3.05) is 49.7 Å². The molecule has 38 heavy (non-hydrogen) atoms. The second-order valence-electron chi connectivity index (χ2n) is 7.52. The number of benzene rings is 1. The Morgan fingerprint density at radius 3 is 2.68 bits per heavy atom. The summed E-state index contributed by atoms with van der Waals surface area (Å²) in [7, 11) is 0. The molecule has 0 bridgehead atoms. The predicted molar refractivity (Wildman–Crippen MR) is 132 cm³/mol. The molecule has 1 saturated heterocycles. The summed E-state index contributed by atoms with van der Waals surface area (Å²) >= 11 is 6.84. The van der Waals surface area contributed by atoms with Gasteiger partial charge in [-0.15, -0.1) is 11.3 Å². The van der Waals surface area contributed by atoms with E-state index in [-0.39, 0.29) is 54.9 Å². The normalized spacial score (nSPS) is 14.1. The van der Waals surface area contributed by atoms with Gasteiger partial charge in [-0.05, 0) is 24.3 Å². The number of hydrogen-bond donors (Lipinski definition) is 4. The van der Waals surface area contributed by atoms with Gasteiger partial charge < -0.3 is 40.2 Å². The summed E-state index contributed by atoms with van der Waals surface area (Å²) in [5, 5.41) is 16.0. The predicted octanol–water partition coefficient (Wildman–Crippen LogP) is 1.82. The number of amides is 4. The molecule has 2 aromatic rings. The van der Waals surface area contributed by atoms with Crippen molar-refractivity contribution in [2.24, 2.45) is 0 Å². The maximum absolute atomic E-state index is 13.1. The number of nitrogens with zero attached hydrogens (tertiary/aromatic N) is 1. The molecule has 0 saturated carbocycles. The number of morpholine rings is 1. The second kappa shape index (κ2) is 13.9. The van der Waals surface area contributed by atoms with Gasteiger partial charge in [0.15, 0.2) is 5.75 Å². The van der Waals surface area contributed by atoms with Crippen LogP contribution < -0.4 is 25.6 Å². The number of rotatable bonds is 11. The fourth-order valence-corrected chi connectivity index (χ4v) is 4.22. The number of anilines is 2. The van der Waals surface area contributed by atoms with Gasteiger partial charge in [0.1, 0.15) is 19.3 Å². The van der Waals surface area contributed by atoms with Gasteiger partial charge >= 0.3 is 12.7 Å². The van der Waals surface area contributed by atoms with Crippen molar-refractivity contribution < 1.29 is 47.3 Å². The quantitative estimate of drug-likeness (QED) is 0.316. The molecule has 4 N–H and O–H groups in total. The highest BCUT2D eigenvalue weighted by Gasteiger charge is 2.27. The summed E-state index contributed by atoms with van der Waals surface area (Å²) in [5.74, 6) is -2.23. The number of aliphatic hydroxyl groups excluding tert-OH is 1. The summed E-state index contributed by atoms with van der Waals surface area (Å²) < 4.78 is 40.9. The van der Waals surface area contributed by atoms with Gasteiger partial charge in [0, 0.05) is 24.8 Å². The fourth-order valence-electron chi connectivity index (χ4n) is 3.26. The Balaban J connectivity index is 1.76. The van der Waals surface area contributed by atoms with Gasteiger partial charge in [0.25, 0.3) is 11.8 Å². The van der Waals surface area contributed by atoms with E-state index in [1.54, 1.807) is 0 Å². The zero-order valence-electron chi connectivity index (χ0n) is 19.6. The zero-order valence-corrected chi connectivity index (χ0v) is 21.2. The number of thiophene rings is 1. The highest BCUT2D eigenvalue weighted by atomic mass is 35.5. The van der Waals surface area contributed by atoms with E-state index >= 15 is 0 Å². The Labute approximate surface area is 223 Å². The first kappa shape index (κ1) is 29.0. The molecule has 1 aliphatic rings. The largest absolute Gasteiger partial charge is 0.447 e. The molecule has 12 nitrogen and oxygen atoms in total. The van der Waals surface area contributed by atoms with Crippen LogP contribution in [0.3, 0.4) is 0 Å². The fraction of sp³-hybridized carbons (Fsp3) is 0.364. The van der Waals surface area contributed by atoms with E-state index in [0.29, 0.717) is 4.34 Å². The third-order valence-electron chi connectivity index (χ3n) is 4.92. The summed E-state index contributed by atoms with van der Waals surface area (Å²) in [6, 6.07) is 5.38. The van der Waals surface area contributed by atoms with Crippen molar-refractivity contribution in [3.63, 3.8) is 0 Å². The smallest absolute Gasteiger partial charge is 0.407 e. The van der Waals surface area contributed by atoms with Crippen LogP contribution in [-0.4, -0.2) is 81.1 Å². The van der Waals surface area contributed by atoms with E-state index in [4.69, 9.17) is 26.2 Å².